The number of nitrogens with two attached hydrogens (primary N) is 2. The molecule has 7 nitrogen and oxygen atoms in total. The number of anilines is 1. The second-order valence-electron chi connectivity index (χ2n) is 6.70. The van der Waals surface area contributed by atoms with Crippen LogP contribution < -0.4 is 16.4 Å². The topological polar surface area (TPSA) is 106 Å². The number of aromatic nitrogens is 1. The molecule has 0 spiro atoms. The fourth-order valence-electron chi connectivity index (χ4n) is 3.31. The highest BCUT2D eigenvalue weighted by Gasteiger charge is 2.37. The van der Waals surface area contributed by atoms with Gasteiger partial charge in [0.15, 0.2) is 0 Å². The summed E-state index contributed by atoms with van der Waals surface area (Å²) in [5, 5.41) is 0. The van der Waals surface area contributed by atoms with Gasteiger partial charge < -0.3 is 21.3 Å². The normalized spacial score (nSPS) is 23.5. The molecular weight excluding hydrogens is 351 g/mol. The first-order chi connectivity index (χ1) is 12.2. The predicted molar refractivity (Wildman–Crippen MR) is 87.2 cm³/mol. The van der Waals surface area contributed by atoms with E-state index >= 15 is 0 Å². The summed E-state index contributed by atoms with van der Waals surface area (Å²) in [7, 11) is 0. The highest BCUT2D eigenvalue weighted by Crippen LogP contribution is 2.32. The van der Waals surface area contributed by atoms with Crippen LogP contribution in [0.5, 0.6) is 0 Å². The molecule has 0 unspecified atom stereocenters. The smallest absolute Gasteiger partial charge is 0.365 e. The van der Waals surface area contributed by atoms with Crippen LogP contribution in [0.25, 0.3) is 0 Å². The van der Waals surface area contributed by atoms with E-state index in [1.165, 1.54) is 0 Å². The SMILES string of the molecule is NC(=O)c1cc(C(F)(F)F)cnc1N1CCN(C(=O)C2CC(N)C2)CC1. The third-order valence-corrected chi connectivity index (χ3v) is 4.87. The summed E-state index contributed by atoms with van der Waals surface area (Å²) in [4.78, 5) is 31.1. The van der Waals surface area contributed by atoms with E-state index in [2.05, 4.69) is 4.98 Å². The Bertz CT molecular complexity index is 710. The predicted octanol–water partition coefficient (Wildman–Crippen LogP) is 0.585. The molecule has 0 bridgehead atoms. The van der Waals surface area contributed by atoms with Gasteiger partial charge in [-0.05, 0) is 18.9 Å². The van der Waals surface area contributed by atoms with Crippen molar-refractivity contribution in [2.45, 2.75) is 25.1 Å². The summed E-state index contributed by atoms with van der Waals surface area (Å²) < 4.78 is 38.5. The number of amides is 2. The van der Waals surface area contributed by atoms with E-state index in [1.807, 2.05) is 0 Å². The Morgan fingerprint density at radius 3 is 2.27 bits per heavy atom. The standard InChI is InChI=1S/C16H20F3N5O2/c17-16(18,19)10-7-12(13(21)25)14(22-8-10)23-1-3-24(4-2-23)15(26)9-5-11(20)6-9/h7-9,11H,1-6,20H2,(H2,21,25). The van der Waals surface area contributed by atoms with Gasteiger partial charge in [0.2, 0.25) is 5.91 Å². The first-order valence-corrected chi connectivity index (χ1v) is 8.33. The monoisotopic (exact) mass is 371 g/mol. The van der Waals surface area contributed by atoms with Gasteiger partial charge in [0.1, 0.15) is 5.82 Å². The Morgan fingerprint density at radius 2 is 1.77 bits per heavy atom. The first-order valence-electron chi connectivity index (χ1n) is 8.33. The van der Waals surface area contributed by atoms with Crippen molar-refractivity contribution in [1.29, 1.82) is 0 Å². The second-order valence-corrected chi connectivity index (χ2v) is 6.70. The van der Waals surface area contributed by atoms with Gasteiger partial charge in [-0.1, -0.05) is 0 Å². The lowest BCUT2D eigenvalue weighted by Gasteiger charge is -2.40. The van der Waals surface area contributed by atoms with E-state index in [-0.39, 0.29) is 29.2 Å². The average Bonchev–Trinajstić information content (AvgIpc) is 2.57. The van der Waals surface area contributed by atoms with Crippen molar-refractivity contribution >= 4 is 17.6 Å². The molecule has 1 saturated heterocycles. The van der Waals surface area contributed by atoms with Crippen molar-refractivity contribution in [3.63, 3.8) is 0 Å². The third kappa shape index (κ3) is 3.59. The van der Waals surface area contributed by atoms with Crippen LogP contribution in [0.15, 0.2) is 12.3 Å². The maximum atomic E-state index is 12.8. The molecule has 1 aliphatic heterocycles. The molecule has 2 aliphatic rings. The Labute approximate surface area is 148 Å². The van der Waals surface area contributed by atoms with Crippen molar-refractivity contribution in [1.82, 2.24) is 9.88 Å². The number of alkyl halides is 3. The van der Waals surface area contributed by atoms with Gasteiger partial charge >= 0.3 is 6.18 Å². The van der Waals surface area contributed by atoms with E-state index in [1.54, 1.807) is 9.80 Å². The van der Waals surface area contributed by atoms with E-state index in [0.29, 0.717) is 45.2 Å². The van der Waals surface area contributed by atoms with Gasteiger partial charge in [0, 0.05) is 44.3 Å². The fourth-order valence-corrected chi connectivity index (χ4v) is 3.31. The van der Waals surface area contributed by atoms with Crippen molar-refractivity contribution in [3.8, 4) is 0 Å². The Balaban J connectivity index is 1.71. The van der Waals surface area contributed by atoms with Crippen LogP contribution >= 0.6 is 0 Å². The minimum Gasteiger partial charge on any atom is -0.365 e. The number of hydrogen-bond donors (Lipinski definition) is 2. The van der Waals surface area contributed by atoms with E-state index in [4.69, 9.17) is 11.5 Å². The summed E-state index contributed by atoms with van der Waals surface area (Å²) in [5.41, 5.74) is 9.65. The van der Waals surface area contributed by atoms with E-state index < -0.39 is 17.6 Å². The molecule has 142 valence electrons. The van der Waals surface area contributed by atoms with Crippen LogP contribution in [0.3, 0.4) is 0 Å². The summed E-state index contributed by atoms with van der Waals surface area (Å²) >= 11 is 0. The maximum Gasteiger partial charge on any atom is 0.417 e. The molecular formula is C16H20F3N5O2. The molecule has 0 aromatic carbocycles. The number of nitrogens with zero attached hydrogens (tertiary/aromatic N) is 3. The number of halogens is 3. The Morgan fingerprint density at radius 1 is 1.15 bits per heavy atom. The summed E-state index contributed by atoms with van der Waals surface area (Å²) in [6, 6.07) is 0.803. The van der Waals surface area contributed by atoms with Gasteiger partial charge in [-0.2, -0.15) is 13.2 Å². The summed E-state index contributed by atoms with van der Waals surface area (Å²) in [6.07, 6.45) is -2.55. The van der Waals surface area contributed by atoms with Gasteiger partial charge in [-0.3, -0.25) is 9.59 Å². The Kier molecular flexibility index (Phi) is 4.78. The van der Waals surface area contributed by atoms with E-state index in [9.17, 15) is 22.8 Å². The lowest BCUT2D eigenvalue weighted by atomic mass is 9.80. The maximum absolute atomic E-state index is 12.8. The average molecular weight is 371 g/mol. The minimum atomic E-state index is -4.61. The zero-order valence-corrected chi connectivity index (χ0v) is 14.0. The third-order valence-electron chi connectivity index (χ3n) is 4.87. The molecule has 3 rings (SSSR count). The zero-order chi connectivity index (χ0) is 19.1. The lowest BCUT2D eigenvalue weighted by molar-refractivity contribution is -0.139. The van der Waals surface area contributed by atoms with Gasteiger partial charge in [-0.25, -0.2) is 4.98 Å². The number of rotatable bonds is 3. The number of carbonyl (C=O) groups is 2. The van der Waals surface area contributed by atoms with E-state index in [0.717, 1.165) is 6.07 Å². The number of primary amides is 1. The van der Waals surface area contributed by atoms with Crippen molar-refractivity contribution < 1.29 is 22.8 Å². The zero-order valence-electron chi connectivity index (χ0n) is 14.0. The minimum absolute atomic E-state index is 0.0399. The highest BCUT2D eigenvalue weighted by atomic mass is 19.4. The van der Waals surface area contributed by atoms with Crippen molar-refractivity contribution in [3.05, 3.63) is 23.4 Å². The Hall–Kier alpha value is -2.36. The van der Waals surface area contributed by atoms with Crippen LogP contribution in [0.2, 0.25) is 0 Å². The number of piperazine rings is 1. The molecule has 2 amide bonds. The molecule has 1 aliphatic carbocycles. The molecule has 10 heteroatoms. The van der Waals surface area contributed by atoms with Crippen LogP contribution in [-0.4, -0.2) is 53.9 Å². The number of pyridine rings is 1. The molecule has 1 aromatic rings. The number of carbonyl (C=O) groups excluding carboxylic acids is 2. The summed E-state index contributed by atoms with van der Waals surface area (Å²) in [6.45, 7) is 1.54. The molecule has 4 N–H and O–H groups in total. The molecule has 1 saturated carbocycles. The van der Waals surface area contributed by atoms with Gasteiger partial charge in [-0.15, -0.1) is 0 Å². The van der Waals surface area contributed by atoms with Crippen molar-refractivity contribution in [2.24, 2.45) is 17.4 Å². The largest absolute Gasteiger partial charge is 0.417 e. The number of hydrogen-bond acceptors (Lipinski definition) is 5. The van der Waals surface area contributed by atoms with Crippen LogP contribution in [0, 0.1) is 5.92 Å². The fraction of sp³-hybridized carbons (Fsp3) is 0.562. The quantitative estimate of drug-likeness (QED) is 0.809. The van der Waals surface area contributed by atoms with Gasteiger partial charge in [0.05, 0.1) is 11.1 Å². The van der Waals surface area contributed by atoms with Crippen molar-refractivity contribution in [2.75, 3.05) is 31.1 Å². The molecule has 2 fully saturated rings. The molecule has 1 aromatic heterocycles. The molecule has 0 atom stereocenters. The molecule has 2 heterocycles. The lowest BCUT2D eigenvalue weighted by Crippen LogP contribution is -2.54. The van der Waals surface area contributed by atoms with Crippen LogP contribution in [0.1, 0.15) is 28.8 Å². The highest BCUT2D eigenvalue weighted by molar-refractivity contribution is 5.98. The molecule has 0 radical (unpaired) electrons. The first kappa shape index (κ1) is 18.4. The second kappa shape index (κ2) is 6.75. The van der Waals surface area contributed by atoms with Gasteiger partial charge in [0.25, 0.3) is 5.91 Å². The molecule has 26 heavy (non-hydrogen) atoms. The van der Waals surface area contributed by atoms with Crippen LogP contribution in [-0.2, 0) is 11.0 Å². The summed E-state index contributed by atoms with van der Waals surface area (Å²) in [5.74, 6) is -0.840. The van der Waals surface area contributed by atoms with Crippen LogP contribution in [0.4, 0.5) is 19.0 Å².